The highest BCUT2D eigenvalue weighted by atomic mass is 32.3. The molecule has 0 heterocycles. The Morgan fingerprint density at radius 3 is 1.74 bits per heavy atom. The molecule has 27 heavy (non-hydrogen) atoms. The van der Waals surface area contributed by atoms with Gasteiger partial charge in [-0.25, -0.2) is 21.6 Å². The Balaban J connectivity index is 3.75. The van der Waals surface area contributed by atoms with Crippen LogP contribution < -0.4 is 0 Å². The summed E-state index contributed by atoms with van der Waals surface area (Å²) in [6.45, 7) is 1.14. The zero-order valence-corrected chi connectivity index (χ0v) is 14.6. The molecular formula is C12H10F6O7S2. The van der Waals surface area contributed by atoms with Crippen LogP contribution in [0.25, 0.3) is 0 Å². The summed E-state index contributed by atoms with van der Waals surface area (Å²) in [5.74, 6) is -3.18. The fourth-order valence-electron chi connectivity index (χ4n) is 2.04. The quantitative estimate of drug-likeness (QED) is 0.667. The van der Waals surface area contributed by atoms with Crippen LogP contribution in [0.2, 0.25) is 0 Å². The third-order valence-electron chi connectivity index (χ3n) is 3.29. The van der Waals surface area contributed by atoms with Crippen molar-refractivity contribution in [3.8, 4) is 5.75 Å². The summed E-state index contributed by atoms with van der Waals surface area (Å²) in [6.07, 6.45) is -1.97. The molecule has 0 radical (unpaired) electrons. The van der Waals surface area contributed by atoms with E-state index in [4.69, 9.17) is 5.11 Å². The van der Waals surface area contributed by atoms with Crippen LogP contribution in [-0.4, -0.2) is 48.6 Å². The molecule has 2 N–H and O–H groups in total. The first-order chi connectivity index (χ1) is 11.8. The standard InChI is InChI=1S/C12H10F6O7S2/c1-5-2-6(9(19)7(3-5)10(20)21)4-8(26(22,23)11(13,14)15)27(24,25)12(16,17)18/h2-3,8,19H,4H2,1H3,(H,20,21). The lowest BCUT2D eigenvalue weighted by atomic mass is 10.0. The first kappa shape index (κ1) is 23.0. The second-order valence-electron chi connectivity index (χ2n) is 5.24. The van der Waals surface area contributed by atoms with E-state index in [0.29, 0.717) is 6.07 Å². The molecule has 0 atom stereocenters. The summed E-state index contributed by atoms with van der Waals surface area (Å²) in [7, 11) is -13.8. The third-order valence-corrected chi connectivity index (χ3v) is 7.82. The van der Waals surface area contributed by atoms with Crippen molar-refractivity contribution >= 4 is 25.6 Å². The number of carboxylic acid groups (broad SMARTS) is 1. The molecule has 0 fully saturated rings. The van der Waals surface area contributed by atoms with Gasteiger partial charge in [-0.05, 0) is 24.1 Å². The summed E-state index contributed by atoms with van der Waals surface area (Å²) < 4.78 is 118. The van der Waals surface area contributed by atoms with Gasteiger partial charge in [-0.3, -0.25) is 0 Å². The van der Waals surface area contributed by atoms with E-state index in [0.717, 1.165) is 13.0 Å². The van der Waals surface area contributed by atoms with Crippen molar-refractivity contribution in [1.29, 1.82) is 0 Å². The summed E-state index contributed by atoms with van der Waals surface area (Å²) in [5.41, 5.74) is -14.8. The Morgan fingerprint density at radius 1 is 1.00 bits per heavy atom. The fraction of sp³-hybridized carbons (Fsp3) is 0.417. The van der Waals surface area contributed by atoms with Crippen molar-refractivity contribution in [1.82, 2.24) is 0 Å². The smallest absolute Gasteiger partial charge is 0.498 e. The van der Waals surface area contributed by atoms with Crippen molar-refractivity contribution in [2.24, 2.45) is 0 Å². The van der Waals surface area contributed by atoms with Crippen molar-refractivity contribution in [2.75, 3.05) is 0 Å². The predicted octanol–water partition coefficient (Wildman–Crippen LogP) is 2.14. The van der Waals surface area contributed by atoms with Gasteiger partial charge < -0.3 is 10.2 Å². The topological polar surface area (TPSA) is 126 Å². The molecule has 15 heteroatoms. The molecule has 7 nitrogen and oxygen atoms in total. The Hall–Kier alpha value is -2.03. The molecule has 0 aromatic heterocycles. The van der Waals surface area contributed by atoms with E-state index in [9.17, 15) is 53.1 Å². The maximum absolute atomic E-state index is 12.7. The Bertz CT molecular complexity index is 917. The van der Waals surface area contributed by atoms with E-state index in [2.05, 4.69) is 0 Å². The number of aryl methyl sites for hydroxylation is 1. The van der Waals surface area contributed by atoms with Gasteiger partial charge in [-0.2, -0.15) is 26.3 Å². The molecule has 0 unspecified atom stereocenters. The van der Waals surface area contributed by atoms with E-state index < -0.39 is 64.5 Å². The number of benzene rings is 1. The van der Waals surface area contributed by atoms with Gasteiger partial charge in [0.2, 0.25) is 0 Å². The summed E-state index contributed by atoms with van der Waals surface area (Å²) in [5, 5.41) is 18.6. The average Bonchev–Trinajstić information content (AvgIpc) is 2.44. The minimum absolute atomic E-state index is 0.0900. The van der Waals surface area contributed by atoms with E-state index in [1.165, 1.54) is 0 Å². The van der Waals surface area contributed by atoms with Gasteiger partial charge in [-0.15, -0.1) is 0 Å². The fourth-order valence-corrected chi connectivity index (χ4v) is 5.42. The van der Waals surface area contributed by atoms with Crippen molar-refractivity contribution in [3.05, 3.63) is 28.8 Å². The monoisotopic (exact) mass is 444 g/mol. The van der Waals surface area contributed by atoms with Gasteiger partial charge in [0.1, 0.15) is 11.3 Å². The minimum Gasteiger partial charge on any atom is -0.507 e. The molecule has 0 aliphatic rings. The van der Waals surface area contributed by atoms with Crippen LogP contribution in [0.15, 0.2) is 12.1 Å². The molecule has 0 aliphatic carbocycles. The van der Waals surface area contributed by atoms with Gasteiger partial charge in [0, 0.05) is 6.42 Å². The number of hydrogen-bond acceptors (Lipinski definition) is 6. The molecule has 0 aliphatic heterocycles. The molecule has 0 amide bonds. The van der Waals surface area contributed by atoms with Gasteiger partial charge in [0.05, 0.1) is 0 Å². The van der Waals surface area contributed by atoms with Crippen molar-refractivity contribution in [2.45, 2.75) is 28.9 Å². The van der Waals surface area contributed by atoms with Crippen LogP contribution in [-0.2, 0) is 26.1 Å². The van der Waals surface area contributed by atoms with Crippen LogP contribution in [0.5, 0.6) is 5.75 Å². The third kappa shape index (κ3) is 4.28. The van der Waals surface area contributed by atoms with Crippen LogP contribution in [0.1, 0.15) is 21.5 Å². The average molecular weight is 444 g/mol. The van der Waals surface area contributed by atoms with Crippen molar-refractivity contribution < 1.29 is 58.2 Å². The molecular weight excluding hydrogens is 434 g/mol. The highest BCUT2D eigenvalue weighted by Gasteiger charge is 2.62. The molecule has 0 saturated carbocycles. The zero-order chi connectivity index (χ0) is 21.6. The maximum Gasteiger partial charge on any atom is 0.498 e. The van der Waals surface area contributed by atoms with E-state index >= 15 is 0 Å². The molecule has 154 valence electrons. The lowest BCUT2D eigenvalue weighted by molar-refractivity contribution is -0.0471. The minimum atomic E-state index is -6.91. The van der Waals surface area contributed by atoms with Gasteiger partial charge in [0.15, 0.2) is 4.58 Å². The molecule has 1 aromatic carbocycles. The molecule has 0 spiro atoms. The lowest BCUT2D eigenvalue weighted by Crippen LogP contribution is -2.46. The molecule has 0 saturated heterocycles. The summed E-state index contributed by atoms with van der Waals surface area (Å²) in [4.78, 5) is 11.0. The molecule has 1 aromatic rings. The molecule has 0 bridgehead atoms. The van der Waals surface area contributed by atoms with Crippen molar-refractivity contribution in [3.63, 3.8) is 0 Å². The van der Waals surface area contributed by atoms with E-state index in [-0.39, 0.29) is 5.56 Å². The normalized spacial score (nSPS) is 13.8. The zero-order valence-electron chi connectivity index (χ0n) is 13.0. The maximum atomic E-state index is 12.7. The lowest BCUT2D eigenvalue weighted by Gasteiger charge is -2.21. The van der Waals surface area contributed by atoms with E-state index in [1.54, 1.807) is 0 Å². The number of carboxylic acids is 1. The Kier molecular flexibility index (Phi) is 5.84. The second-order valence-corrected chi connectivity index (χ2v) is 9.78. The number of sulfone groups is 2. The SMILES string of the molecule is Cc1cc(CC(S(=O)(=O)C(F)(F)F)S(=O)(=O)C(F)(F)F)c(O)c(C(=O)O)c1. The van der Waals surface area contributed by atoms with E-state index in [1.807, 2.05) is 0 Å². The second kappa shape index (κ2) is 6.85. The summed E-state index contributed by atoms with van der Waals surface area (Å²) >= 11 is 0. The number of phenols is 1. The largest absolute Gasteiger partial charge is 0.507 e. The van der Waals surface area contributed by atoms with Crippen LogP contribution in [0, 0.1) is 6.92 Å². The summed E-state index contributed by atoms with van der Waals surface area (Å²) in [6, 6.07) is 1.47. The van der Waals surface area contributed by atoms with Gasteiger partial charge in [-0.1, -0.05) is 6.07 Å². The predicted molar refractivity (Wildman–Crippen MR) is 77.2 cm³/mol. The highest BCUT2D eigenvalue weighted by Crippen LogP contribution is 2.39. The first-order valence-corrected chi connectivity index (χ1v) is 9.59. The number of halogens is 6. The number of hydrogen-bond donors (Lipinski definition) is 2. The van der Waals surface area contributed by atoms with Crippen LogP contribution >= 0.6 is 0 Å². The highest BCUT2D eigenvalue weighted by molar-refractivity contribution is 8.09. The van der Waals surface area contributed by atoms with Crippen LogP contribution in [0.3, 0.4) is 0 Å². The molecule has 1 rings (SSSR count). The number of alkyl halides is 6. The van der Waals surface area contributed by atoms with Gasteiger partial charge in [0.25, 0.3) is 19.7 Å². The Labute approximate surface area is 148 Å². The van der Waals surface area contributed by atoms with Crippen LogP contribution in [0.4, 0.5) is 26.3 Å². The first-order valence-electron chi connectivity index (χ1n) is 6.50. The van der Waals surface area contributed by atoms with Gasteiger partial charge >= 0.3 is 17.0 Å². The number of aromatic hydroxyl groups is 1. The number of rotatable bonds is 5. The Morgan fingerprint density at radius 2 is 1.41 bits per heavy atom. The number of aromatic carboxylic acids is 1. The number of carbonyl (C=O) groups is 1.